The van der Waals surface area contributed by atoms with Crippen LogP contribution in [0.1, 0.15) is 11.1 Å². The summed E-state index contributed by atoms with van der Waals surface area (Å²) in [6, 6.07) is 11.3. The highest BCUT2D eigenvalue weighted by atomic mass is 35.5. The minimum Gasteiger partial charge on any atom is -0.369 e. The highest BCUT2D eigenvalue weighted by Crippen LogP contribution is 2.23. The average Bonchev–Trinajstić information content (AvgIpc) is 2.58. The lowest BCUT2D eigenvalue weighted by atomic mass is 10.1. The fourth-order valence-electron chi connectivity index (χ4n) is 2.40. The minimum atomic E-state index is -3.65. The fraction of sp³-hybridized carbons (Fsp3) is 0.222. The van der Waals surface area contributed by atoms with Gasteiger partial charge in [0, 0.05) is 12.2 Å². The molecule has 0 atom stereocenters. The number of rotatable bonds is 8. The first-order valence-electron chi connectivity index (χ1n) is 8.11. The summed E-state index contributed by atoms with van der Waals surface area (Å²) < 4.78 is 25.2. The monoisotopic (exact) mass is 443 g/mol. The van der Waals surface area contributed by atoms with E-state index in [1.54, 1.807) is 42.5 Å². The predicted octanol–water partition coefficient (Wildman–Crippen LogP) is 2.42. The van der Waals surface area contributed by atoms with E-state index in [0.29, 0.717) is 26.9 Å². The third-order valence-corrected chi connectivity index (χ3v) is 5.68. The van der Waals surface area contributed by atoms with Gasteiger partial charge in [-0.2, -0.15) is 4.31 Å². The second kappa shape index (κ2) is 9.38. The van der Waals surface area contributed by atoms with Crippen LogP contribution in [0.5, 0.6) is 0 Å². The molecule has 2 amide bonds. The molecule has 3 N–H and O–H groups in total. The summed E-state index contributed by atoms with van der Waals surface area (Å²) in [6.07, 6.45) is 1.12. The van der Waals surface area contributed by atoms with Crippen LogP contribution in [0.2, 0.25) is 10.0 Å². The summed E-state index contributed by atoms with van der Waals surface area (Å²) in [7, 11) is -3.65. The smallest absolute Gasteiger partial charge is 0.239 e. The zero-order chi connectivity index (χ0) is 20.9. The molecule has 28 heavy (non-hydrogen) atoms. The van der Waals surface area contributed by atoms with Gasteiger partial charge in [0.1, 0.15) is 0 Å². The van der Waals surface area contributed by atoms with E-state index < -0.39 is 21.8 Å². The van der Waals surface area contributed by atoms with Crippen molar-refractivity contribution in [1.82, 2.24) is 4.31 Å². The summed E-state index contributed by atoms with van der Waals surface area (Å²) in [5.41, 5.74) is 6.92. The molecule has 0 heterocycles. The number of sulfonamides is 1. The number of nitrogens with one attached hydrogen (secondary N) is 1. The Morgan fingerprint density at radius 2 is 1.64 bits per heavy atom. The normalized spacial score (nSPS) is 11.4. The van der Waals surface area contributed by atoms with Gasteiger partial charge in [-0.1, -0.05) is 41.4 Å². The standard InChI is InChI=1S/C18H19Cl2N3O4S/c1-28(26,27)23(10-13-4-7-15(19)16(20)8-13)11-18(25)22-14-5-2-12(3-6-14)9-17(21)24/h2-8H,9-11H2,1H3,(H2,21,24)(H,22,25). The molecule has 0 aromatic heterocycles. The number of anilines is 1. The Kier molecular flexibility index (Phi) is 7.42. The Bertz CT molecular complexity index is 979. The van der Waals surface area contributed by atoms with E-state index in [1.165, 1.54) is 0 Å². The maximum absolute atomic E-state index is 12.3. The number of primary amides is 1. The van der Waals surface area contributed by atoms with Crippen LogP contribution in [0.4, 0.5) is 5.69 Å². The van der Waals surface area contributed by atoms with E-state index in [9.17, 15) is 18.0 Å². The minimum absolute atomic E-state index is 0.0271. The molecule has 0 radical (unpaired) electrons. The average molecular weight is 444 g/mol. The van der Waals surface area contributed by atoms with E-state index in [0.717, 1.165) is 10.6 Å². The molecule has 2 aromatic carbocycles. The first-order valence-corrected chi connectivity index (χ1v) is 10.7. The molecule has 150 valence electrons. The number of amides is 2. The van der Waals surface area contributed by atoms with Crippen molar-refractivity contribution in [2.24, 2.45) is 5.73 Å². The zero-order valence-electron chi connectivity index (χ0n) is 15.0. The maximum atomic E-state index is 12.3. The van der Waals surface area contributed by atoms with Crippen molar-refractivity contribution in [1.29, 1.82) is 0 Å². The molecule has 0 aliphatic carbocycles. The molecule has 2 rings (SSSR count). The predicted molar refractivity (Wildman–Crippen MR) is 110 cm³/mol. The lowest BCUT2D eigenvalue weighted by Gasteiger charge is -2.20. The van der Waals surface area contributed by atoms with Crippen molar-refractivity contribution in [3.05, 3.63) is 63.6 Å². The Balaban J connectivity index is 2.06. The van der Waals surface area contributed by atoms with E-state index in [1.807, 2.05) is 0 Å². The Morgan fingerprint density at radius 1 is 1.04 bits per heavy atom. The van der Waals surface area contributed by atoms with Crippen LogP contribution >= 0.6 is 23.2 Å². The molecule has 0 fully saturated rings. The number of benzene rings is 2. The number of nitrogens with two attached hydrogens (primary N) is 1. The van der Waals surface area contributed by atoms with Crippen molar-refractivity contribution >= 4 is 50.7 Å². The van der Waals surface area contributed by atoms with Crippen molar-refractivity contribution in [3.63, 3.8) is 0 Å². The Hall–Kier alpha value is -2.13. The van der Waals surface area contributed by atoms with Gasteiger partial charge in [-0.15, -0.1) is 0 Å². The molecule has 7 nitrogen and oxygen atoms in total. The van der Waals surface area contributed by atoms with Gasteiger partial charge in [0.2, 0.25) is 21.8 Å². The largest absolute Gasteiger partial charge is 0.369 e. The van der Waals surface area contributed by atoms with Crippen molar-refractivity contribution in [3.8, 4) is 0 Å². The van der Waals surface area contributed by atoms with E-state index >= 15 is 0 Å². The van der Waals surface area contributed by atoms with Gasteiger partial charge >= 0.3 is 0 Å². The number of halogens is 2. The van der Waals surface area contributed by atoms with Gasteiger partial charge in [0.15, 0.2) is 0 Å². The Morgan fingerprint density at radius 3 is 2.18 bits per heavy atom. The molecule has 2 aromatic rings. The fourth-order valence-corrected chi connectivity index (χ4v) is 3.46. The molecule has 0 spiro atoms. The molecule has 0 saturated carbocycles. The molecule has 0 saturated heterocycles. The van der Waals surface area contributed by atoms with E-state index in [2.05, 4.69) is 5.32 Å². The van der Waals surface area contributed by atoms with Gasteiger partial charge in [0.05, 0.1) is 29.3 Å². The quantitative estimate of drug-likeness (QED) is 0.652. The zero-order valence-corrected chi connectivity index (χ0v) is 17.3. The summed E-state index contributed by atoms with van der Waals surface area (Å²) in [6.45, 7) is -0.400. The molecule has 0 aliphatic heterocycles. The number of hydrogen-bond acceptors (Lipinski definition) is 4. The first kappa shape index (κ1) is 22.2. The van der Waals surface area contributed by atoms with Crippen molar-refractivity contribution in [2.75, 3.05) is 18.1 Å². The summed E-state index contributed by atoms with van der Waals surface area (Å²) >= 11 is 11.8. The van der Waals surface area contributed by atoms with Crippen molar-refractivity contribution in [2.45, 2.75) is 13.0 Å². The van der Waals surface area contributed by atoms with Crippen molar-refractivity contribution < 1.29 is 18.0 Å². The third kappa shape index (κ3) is 6.79. The molecule has 0 aliphatic rings. The summed E-state index contributed by atoms with van der Waals surface area (Å²) in [5, 5.41) is 3.28. The van der Waals surface area contributed by atoms with Crippen LogP contribution in [-0.4, -0.2) is 37.3 Å². The van der Waals surface area contributed by atoms with Crippen LogP contribution in [0.25, 0.3) is 0 Å². The Labute approximate surface area is 173 Å². The van der Waals surface area contributed by atoms with Crippen LogP contribution in [-0.2, 0) is 32.6 Å². The van der Waals surface area contributed by atoms with Crippen LogP contribution in [0.15, 0.2) is 42.5 Å². The van der Waals surface area contributed by atoms with Gasteiger partial charge in [0.25, 0.3) is 0 Å². The molecular formula is C18H19Cl2N3O4S. The van der Waals surface area contributed by atoms with Gasteiger partial charge in [-0.3, -0.25) is 9.59 Å². The molecule has 10 heteroatoms. The lowest BCUT2D eigenvalue weighted by molar-refractivity contribution is -0.117. The first-order chi connectivity index (χ1) is 13.0. The van der Waals surface area contributed by atoms with Crippen LogP contribution in [0.3, 0.4) is 0 Å². The number of hydrogen-bond donors (Lipinski definition) is 2. The number of carbonyl (C=O) groups is 2. The lowest BCUT2D eigenvalue weighted by Crippen LogP contribution is -2.36. The third-order valence-electron chi connectivity index (χ3n) is 3.75. The topological polar surface area (TPSA) is 110 Å². The second-order valence-corrected chi connectivity index (χ2v) is 8.96. The number of nitrogens with zero attached hydrogens (tertiary/aromatic N) is 1. The maximum Gasteiger partial charge on any atom is 0.239 e. The molecule has 0 bridgehead atoms. The second-order valence-electron chi connectivity index (χ2n) is 6.17. The van der Waals surface area contributed by atoms with E-state index in [-0.39, 0.29) is 19.5 Å². The van der Waals surface area contributed by atoms with Gasteiger partial charge in [-0.25, -0.2) is 8.42 Å². The highest BCUT2D eigenvalue weighted by molar-refractivity contribution is 7.88. The highest BCUT2D eigenvalue weighted by Gasteiger charge is 2.21. The summed E-state index contributed by atoms with van der Waals surface area (Å²) in [4.78, 5) is 23.2. The van der Waals surface area contributed by atoms with Gasteiger partial charge in [-0.05, 0) is 35.4 Å². The van der Waals surface area contributed by atoms with Crippen LogP contribution in [0, 0.1) is 0 Å². The molecule has 0 unspecified atom stereocenters. The number of carbonyl (C=O) groups excluding carboxylic acids is 2. The van der Waals surface area contributed by atoms with Gasteiger partial charge < -0.3 is 11.1 Å². The summed E-state index contributed by atoms with van der Waals surface area (Å²) in [5.74, 6) is -0.962. The van der Waals surface area contributed by atoms with Crippen LogP contribution < -0.4 is 11.1 Å². The molecular weight excluding hydrogens is 425 g/mol. The SMILES string of the molecule is CS(=O)(=O)N(CC(=O)Nc1ccc(CC(N)=O)cc1)Cc1ccc(Cl)c(Cl)c1. The van der Waals surface area contributed by atoms with E-state index in [4.69, 9.17) is 28.9 Å².